The molecular formula is C14H17N3O3. The summed E-state index contributed by atoms with van der Waals surface area (Å²) in [6, 6.07) is 2.96. The number of nitrogens with two attached hydrogens (primary N) is 1. The number of nitrogens with one attached hydrogen (secondary N) is 1. The first kappa shape index (κ1) is 12.9. The molecule has 4 N–H and O–H groups in total. The molecule has 106 valence electrons. The monoisotopic (exact) mass is 275 g/mol. The van der Waals surface area contributed by atoms with Crippen LogP contribution in [0.3, 0.4) is 0 Å². The van der Waals surface area contributed by atoms with Gasteiger partial charge >= 0.3 is 5.97 Å². The number of aromatic nitrogens is 1. The molecule has 2 bridgehead atoms. The number of nitrogens with zero attached hydrogens (tertiary/aromatic N) is 1. The SMILES string of the molecule is Nc1cccnc1C(=O)NC1C2CCC(C2)C1C(=O)O. The van der Waals surface area contributed by atoms with Gasteiger partial charge in [0.15, 0.2) is 5.69 Å². The lowest BCUT2D eigenvalue weighted by Gasteiger charge is -2.28. The first-order valence-electron chi connectivity index (χ1n) is 6.82. The van der Waals surface area contributed by atoms with E-state index in [0.29, 0.717) is 5.69 Å². The summed E-state index contributed by atoms with van der Waals surface area (Å²) in [5, 5.41) is 12.2. The van der Waals surface area contributed by atoms with Gasteiger partial charge in [-0.3, -0.25) is 9.59 Å². The van der Waals surface area contributed by atoms with Crippen LogP contribution in [0.15, 0.2) is 18.3 Å². The fraction of sp³-hybridized carbons (Fsp3) is 0.500. The zero-order valence-electron chi connectivity index (χ0n) is 11.0. The van der Waals surface area contributed by atoms with Gasteiger partial charge in [0.1, 0.15) is 0 Å². The second-order valence-corrected chi connectivity index (χ2v) is 5.64. The minimum atomic E-state index is -0.823. The molecule has 2 aliphatic rings. The topological polar surface area (TPSA) is 105 Å². The molecular weight excluding hydrogens is 258 g/mol. The van der Waals surface area contributed by atoms with Gasteiger partial charge in [0.25, 0.3) is 5.91 Å². The number of aliphatic carboxylic acids is 1. The number of nitrogen functional groups attached to an aromatic ring is 1. The van der Waals surface area contributed by atoms with Crippen LogP contribution < -0.4 is 11.1 Å². The van der Waals surface area contributed by atoms with E-state index in [1.807, 2.05) is 0 Å². The first-order valence-corrected chi connectivity index (χ1v) is 6.82. The molecule has 1 heterocycles. The van der Waals surface area contributed by atoms with E-state index in [2.05, 4.69) is 10.3 Å². The lowest BCUT2D eigenvalue weighted by Crippen LogP contribution is -2.47. The van der Waals surface area contributed by atoms with E-state index >= 15 is 0 Å². The van der Waals surface area contributed by atoms with Crippen LogP contribution >= 0.6 is 0 Å². The van der Waals surface area contributed by atoms with Gasteiger partial charge in [-0.25, -0.2) is 4.98 Å². The molecule has 2 fully saturated rings. The molecule has 2 aliphatic carbocycles. The molecule has 0 aromatic carbocycles. The van der Waals surface area contributed by atoms with E-state index in [9.17, 15) is 14.7 Å². The summed E-state index contributed by atoms with van der Waals surface area (Å²) < 4.78 is 0. The third-order valence-corrected chi connectivity index (χ3v) is 4.55. The van der Waals surface area contributed by atoms with Crippen molar-refractivity contribution in [2.75, 3.05) is 5.73 Å². The Morgan fingerprint density at radius 3 is 2.80 bits per heavy atom. The minimum Gasteiger partial charge on any atom is -0.481 e. The minimum absolute atomic E-state index is 0.166. The Labute approximate surface area is 116 Å². The number of fused-ring (bicyclic) bond motifs is 2. The smallest absolute Gasteiger partial charge is 0.308 e. The summed E-state index contributed by atoms with van der Waals surface area (Å²) in [4.78, 5) is 27.6. The van der Waals surface area contributed by atoms with Gasteiger partial charge in [-0.15, -0.1) is 0 Å². The number of hydrogen-bond acceptors (Lipinski definition) is 4. The van der Waals surface area contributed by atoms with Crippen molar-refractivity contribution >= 4 is 17.6 Å². The Morgan fingerprint density at radius 1 is 1.35 bits per heavy atom. The number of pyridine rings is 1. The quantitative estimate of drug-likeness (QED) is 0.759. The highest BCUT2D eigenvalue weighted by atomic mass is 16.4. The maximum atomic E-state index is 12.2. The molecule has 20 heavy (non-hydrogen) atoms. The highest BCUT2D eigenvalue weighted by Gasteiger charge is 2.51. The standard InChI is InChI=1S/C14H17N3O3/c15-9-2-1-5-16-12(9)13(18)17-11-8-4-3-7(6-8)10(11)14(19)20/h1-2,5,7-8,10-11H,3-4,6,15H2,(H,17,18)(H,19,20). The van der Waals surface area contributed by atoms with E-state index < -0.39 is 11.9 Å². The van der Waals surface area contributed by atoms with E-state index in [1.54, 1.807) is 12.1 Å². The van der Waals surface area contributed by atoms with E-state index in [0.717, 1.165) is 19.3 Å². The fourth-order valence-electron chi connectivity index (χ4n) is 3.68. The zero-order chi connectivity index (χ0) is 14.3. The van der Waals surface area contributed by atoms with Crippen molar-refractivity contribution in [2.24, 2.45) is 17.8 Å². The number of anilines is 1. The third kappa shape index (κ3) is 2.01. The number of rotatable bonds is 3. The van der Waals surface area contributed by atoms with Crippen LogP contribution in [0.25, 0.3) is 0 Å². The van der Waals surface area contributed by atoms with Crippen molar-refractivity contribution in [1.82, 2.24) is 10.3 Å². The summed E-state index contributed by atoms with van der Waals surface area (Å²) in [6.07, 6.45) is 4.32. The second kappa shape index (κ2) is 4.77. The molecule has 0 radical (unpaired) electrons. The summed E-state index contributed by atoms with van der Waals surface area (Å²) in [7, 11) is 0. The Balaban J connectivity index is 1.79. The van der Waals surface area contributed by atoms with Crippen molar-refractivity contribution in [2.45, 2.75) is 25.3 Å². The van der Waals surface area contributed by atoms with Crippen LogP contribution in [0.4, 0.5) is 5.69 Å². The average Bonchev–Trinajstić information content (AvgIpc) is 2.99. The maximum Gasteiger partial charge on any atom is 0.308 e. The summed E-state index contributed by atoms with van der Waals surface area (Å²) in [6.45, 7) is 0. The Bertz CT molecular complexity index is 560. The fourth-order valence-corrected chi connectivity index (χ4v) is 3.68. The summed E-state index contributed by atoms with van der Waals surface area (Å²) >= 11 is 0. The van der Waals surface area contributed by atoms with Gasteiger partial charge < -0.3 is 16.2 Å². The first-order chi connectivity index (χ1) is 9.58. The van der Waals surface area contributed by atoms with Gasteiger partial charge in [0.05, 0.1) is 11.6 Å². The normalized spacial score (nSPS) is 31.2. The van der Waals surface area contributed by atoms with Gasteiger partial charge in [0, 0.05) is 12.2 Å². The molecule has 6 heteroatoms. The number of carboxylic acid groups (broad SMARTS) is 1. The highest BCUT2D eigenvalue weighted by Crippen LogP contribution is 2.48. The zero-order valence-corrected chi connectivity index (χ0v) is 11.0. The second-order valence-electron chi connectivity index (χ2n) is 5.64. The predicted molar refractivity (Wildman–Crippen MR) is 71.9 cm³/mol. The molecule has 4 atom stereocenters. The van der Waals surface area contributed by atoms with Crippen molar-refractivity contribution in [3.05, 3.63) is 24.0 Å². The molecule has 2 saturated carbocycles. The summed E-state index contributed by atoms with van der Waals surface area (Å²) in [5.41, 5.74) is 6.20. The average molecular weight is 275 g/mol. The van der Waals surface area contributed by atoms with Crippen LogP contribution in [0.2, 0.25) is 0 Å². The molecule has 4 unspecified atom stereocenters. The van der Waals surface area contributed by atoms with Crippen molar-refractivity contribution < 1.29 is 14.7 Å². The van der Waals surface area contributed by atoms with Gasteiger partial charge in [-0.05, 0) is 43.2 Å². The van der Waals surface area contributed by atoms with Crippen molar-refractivity contribution in [3.8, 4) is 0 Å². The van der Waals surface area contributed by atoms with Crippen molar-refractivity contribution in [1.29, 1.82) is 0 Å². The largest absolute Gasteiger partial charge is 0.481 e. The molecule has 3 rings (SSSR count). The Morgan fingerprint density at radius 2 is 2.10 bits per heavy atom. The lowest BCUT2D eigenvalue weighted by molar-refractivity contribution is -0.144. The molecule has 1 aromatic heterocycles. The van der Waals surface area contributed by atoms with E-state index in [1.165, 1.54) is 6.20 Å². The van der Waals surface area contributed by atoms with E-state index in [4.69, 9.17) is 5.73 Å². The lowest BCUT2D eigenvalue weighted by atomic mass is 9.84. The number of carbonyl (C=O) groups excluding carboxylic acids is 1. The van der Waals surface area contributed by atoms with Gasteiger partial charge in [-0.1, -0.05) is 0 Å². The molecule has 1 amide bonds. The Kier molecular flexibility index (Phi) is 3.08. The third-order valence-electron chi connectivity index (χ3n) is 4.55. The molecule has 6 nitrogen and oxygen atoms in total. The molecule has 0 spiro atoms. The van der Waals surface area contributed by atoms with Crippen LogP contribution in [0, 0.1) is 17.8 Å². The highest BCUT2D eigenvalue weighted by molar-refractivity contribution is 5.97. The number of amides is 1. The van der Waals surface area contributed by atoms with Crippen LogP contribution in [0.5, 0.6) is 0 Å². The number of carbonyl (C=O) groups is 2. The molecule has 0 aliphatic heterocycles. The van der Waals surface area contributed by atoms with Crippen LogP contribution in [-0.2, 0) is 4.79 Å². The summed E-state index contributed by atoms with van der Waals surface area (Å²) in [5.74, 6) is -1.25. The van der Waals surface area contributed by atoms with Crippen molar-refractivity contribution in [3.63, 3.8) is 0 Å². The van der Waals surface area contributed by atoms with Crippen LogP contribution in [0.1, 0.15) is 29.8 Å². The molecule has 0 saturated heterocycles. The van der Waals surface area contributed by atoms with Gasteiger partial charge in [0.2, 0.25) is 0 Å². The molecule has 1 aromatic rings. The van der Waals surface area contributed by atoms with Crippen LogP contribution in [-0.4, -0.2) is 28.0 Å². The number of hydrogen-bond donors (Lipinski definition) is 3. The predicted octanol–water partition coefficient (Wildman–Crippen LogP) is 0.893. The van der Waals surface area contributed by atoms with Gasteiger partial charge in [-0.2, -0.15) is 0 Å². The van der Waals surface area contributed by atoms with E-state index in [-0.39, 0.29) is 29.5 Å². The number of carboxylic acids is 1. The maximum absolute atomic E-state index is 12.2. The Hall–Kier alpha value is -2.11.